The molecule has 0 saturated carbocycles. The van der Waals surface area contributed by atoms with E-state index in [-0.39, 0.29) is 13.1 Å². The van der Waals surface area contributed by atoms with Crippen LogP contribution < -0.4 is 0 Å². The minimum Gasteiger partial charge on any atom is -0.469 e. The highest BCUT2D eigenvalue weighted by Gasteiger charge is 2.35. The van der Waals surface area contributed by atoms with Gasteiger partial charge < -0.3 is 4.74 Å². The fourth-order valence-electron chi connectivity index (χ4n) is 1.43. The number of hydrogen-bond donors (Lipinski definition) is 0. The van der Waals surface area contributed by atoms with Gasteiger partial charge in [0.2, 0.25) is 0 Å². The van der Waals surface area contributed by atoms with Crippen LogP contribution in [0.5, 0.6) is 0 Å². The zero-order valence-corrected chi connectivity index (χ0v) is 10.0. The van der Waals surface area contributed by atoms with Crippen LogP contribution in [0.4, 0.5) is 13.2 Å². The summed E-state index contributed by atoms with van der Waals surface area (Å²) in [5.41, 5.74) is -0.935. The average molecular weight is 241 g/mol. The van der Waals surface area contributed by atoms with E-state index in [1.54, 1.807) is 20.8 Å². The van der Waals surface area contributed by atoms with Gasteiger partial charge in [-0.2, -0.15) is 13.2 Å². The van der Waals surface area contributed by atoms with Gasteiger partial charge in [0.25, 0.3) is 0 Å². The lowest BCUT2D eigenvalue weighted by molar-refractivity contribution is -0.160. The van der Waals surface area contributed by atoms with Crippen molar-refractivity contribution >= 4 is 5.97 Å². The summed E-state index contributed by atoms with van der Waals surface area (Å²) >= 11 is 0. The summed E-state index contributed by atoms with van der Waals surface area (Å²) < 4.78 is 41.1. The highest BCUT2D eigenvalue weighted by atomic mass is 19.4. The van der Waals surface area contributed by atoms with Crippen LogP contribution in [-0.4, -0.2) is 43.8 Å². The number of carbonyl (C=O) groups is 1. The smallest absolute Gasteiger partial charge is 0.401 e. The van der Waals surface area contributed by atoms with Crippen molar-refractivity contribution < 1.29 is 22.7 Å². The fraction of sp³-hybridized carbons (Fsp3) is 0.900. The number of hydrogen-bond acceptors (Lipinski definition) is 3. The Morgan fingerprint density at radius 3 is 2.06 bits per heavy atom. The largest absolute Gasteiger partial charge is 0.469 e. The predicted molar refractivity (Wildman–Crippen MR) is 54.0 cm³/mol. The molecule has 0 fully saturated rings. The van der Waals surface area contributed by atoms with Gasteiger partial charge in [-0.05, 0) is 20.4 Å². The monoisotopic (exact) mass is 241 g/mol. The van der Waals surface area contributed by atoms with Gasteiger partial charge in [-0.15, -0.1) is 0 Å². The van der Waals surface area contributed by atoms with Crippen molar-refractivity contribution in [1.82, 2.24) is 4.90 Å². The van der Waals surface area contributed by atoms with Crippen molar-refractivity contribution in [2.75, 3.05) is 26.7 Å². The molecule has 0 amide bonds. The van der Waals surface area contributed by atoms with Crippen LogP contribution in [-0.2, 0) is 9.53 Å². The Morgan fingerprint density at radius 1 is 1.25 bits per heavy atom. The summed E-state index contributed by atoms with van der Waals surface area (Å²) in [7, 11) is 1.23. The molecule has 0 aromatic heterocycles. The summed E-state index contributed by atoms with van der Waals surface area (Å²) in [6.45, 7) is 4.01. The first-order valence-corrected chi connectivity index (χ1v) is 5.00. The lowest BCUT2D eigenvalue weighted by Gasteiger charge is -2.30. The van der Waals surface area contributed by atoms with Crippen LogP contribution >= 0.6 is 0 Å². The Labute approximate surface area is 93.6 Å². The van der Waals surface area contributed by atoms with Gasteiger partial charge in [0.1, 0.15) is 0 Å². The van der Waals surface area contributed by atoms with Crippen molar-refractivity contribution in [3.8, 4) is 0 Å². The van der Waals surface area contributed by atoms with E-state index in [0.717, 1.165) is 0 Å². The SMILES string of the molecule is CCN(CC(F)(F)F)CC(C)(C)C(=O)OC. The molecule has 0 N–H and O–H groups in total. The molecule has 0 spiro atoms. The van der Waals surface area contributed by atoms with Crippen molar-refractivity contribution in [3.63, 3.8) is 0 Å². The van der Waals surface area contributed by atoms with Crippen molar-refractivity contribution in [3.05, 3.63) is 0 Å². The third-order valence-corrected chi connectivity index (χ3v) is 2.21. The molecule has 0 rings (SSSR count). The fourth-order valence-corrected chi connectivity index (χ4v) is 1.43. The third kappa shape index (κ3) is 5.34. The van der Waals surface area contributed by atoms with Gasteiger partial charge in [-0.25, -0.2) is 0 Å². The van der Waals surface area contributed by atoms with Crippen molar-refractivity contribution in [2.24, 2.45) is 5.41 Å². The van der Waals surface area contributed by atoms with E-state index >= 15 is 0 Å². The number of rotatable bonds is 5. The van der Waals surface area contributed by atoms with Crippen LogP contribution in [0.1, 0.15) is 20.8 Å². The second kappa shape index (κ2) is 5.52. The molecule has 0 heterocycles. The second-order valence-electron chi connectivity index (χ2n) is 4.29. The Morgan fingerprint density at radius 2 is 1.75 bits per heavy atom. The number of esters is 1. The maximum Gasteiger partial charge on any atom is 0.401 e. The number of halogens is 3. The molecule has 0 bridgehead atoms. The molecular formula is C10H18F3NO2. The molecular weight excluding hydrogens is 223 g/mol. The van der Waals surface area contributed by atoms with Gasteiger partial charge >= 0.3 is 12.1 Å². The highest BCUT2D eigenvalue weighted by molar-refractivity contribution is 5.76. The Kier molecular flexibility index (Phi) is 5.25. The number of ether oxygens (including phenoxy) is 1. The van der Waals surface area contributed by atoms with E-state index in [9.17, 15) is 18.0 Å². The van der Waals surface area contributed by atoms with E-state index in [4.69, 9.17) is 0 Å². The second-order valence-corrected chi connectivity index (χ2v) is 4.29. The molecule has 0 radical (unpaired) electrons. The van der Waals surface area contributed by atoms with Gasteiger partial charge in [0.15, 0.2) is 0 Å². The van der Waals surface area contributed by atoms with Gasteiger partial charge in [-0.1, -0.05) is 6.92 Å². The first-order valence-electron chi connectivity index (χ1n) is 5.00. The molecule has 0 unspecified atom stereocenters. The van der Waals surface area contributed by atoms with Gasteiger partial charge in [0.05, 0.1) is 19.1 Å². The Hall–Kier alpha value is -0.780. The summed E-state index contributed by atoms with van der Waals surface area (Å²) in [5, 5.41) is 0. The van der Waals surface area contributed by atoms with Gasteiger partial charge in [-0.3, -0.25) is 9.69 Å². The van der Waals surface area contributed by atoms with Crippen LogP contribution in [0.3, 0.4) is 0 Å². The maximum absolute atomic E-state index is 12.2. The van der Waals surface area contributed by atoms with E-state index in [2.05, 4.69) is 4.74 Å². The molecule has 0 aliphatic carbocycles. The number of methoxy groups -OCH3 is 1. The predicted octanol–water partition coefficient (Wildman–Crippen LogP) is 2.07. The Balaban J connectivity index is 4.48. The summed E-state index contributed by atoms with van der Waals surface area (Å²) in [6, 6.07) is 0. The lowest BCUT2D eigenvalue weighted by atomic mass is 9.93. The summed E-state index contributed by atoms with van der Waals surface area (Å²) in [4.78, 5) is 12.5. The summed E-state index contributed by atoms with van der Waals surface area (Å²) in [6.07, 6.45) is -4.25. The molecule has 0 aliphatic heterocycles. The lowest BCUT2D eigenvalue weighted by Crippen LogP contribution is -2.43. The van der Waals surface area contributed by atoms with E-state index in [1.807, 2.05) is 0 Å². The molecule has 0 atom stereocenters. The maximum atomic E-state index is 12.2. The molecule has 0 aromatic rings. The minimum absolute atomic E-state index is 0.0235. The topological polar surface area (TPSA) is 29.5 Å². The number of carbonyl (C=O) groups excluding carboxylic acids is 1. The highest BCUT2D eigenvalue weighted by Crippen LogP contribution is 2.22. The molecule has 0 aromatic carbocycles. The number of alkyl halides is 3. The van der Waals surface area contributed by atoms with E-state index in [0.29, 0.717) is 0 Å². The van der Waals surface area contributed by atoms with Crippen molar-refractivity contribution in [1.29, 1.82) is 0 Å². The Bertz CT molecular complexity index is 239. The third-order valence-electron chi connectivity index (χ3n) is 2.21. The minimum atomic E-state index is -4.25. The van der Waals surface area contributed by atoms with Crippen LogP contribution in [0.25, 0.3) is 0 Å². The zero-order valence-electron chi connectivity index (χ0n) is 10.0. The van der Waals surface area contributed by atoms with Gasteiger partial charge in [0, 0.05) is 6.54 Å². The molecule has 16 heavy (non-hydrogen) atoms. The number of nitrogens with zero attached hydrogens (tertiary/aromatic N) is 1. The van der Waals surface area contributed by atoms with Crippen LogP contribution in [0.15, 0.2) is 0 Å². The van der Waals surface area contributed by atoms with Crippen molar-refractivity contribution in [2.45, 2.75) is 26.9 Å². The van der Waals surface area contributed by atoms with Crippen LogP contribution in [0.2, 0.25) is 0 Å². The quantitative estimate of drug-likeness (QED) is 0.690. The zero-order chi connectivity index (χ0) is 13.0. The van der Waals surface area contributed by atoms with Crippen LogP contribution in [0, 0.1) is 5.41 Å². The first kappa shape index (κ1) is 15.2. The molecule has 6 heteroatoms. The molecule has 3 nitrogen and oxygen atoms in total. The summed E-state index contributed by atoms with van der Waals surface area (Å²) in [5.74, 6) is -0.506. The average Bonchev–Trinajstić information content (AvgIpc) is 2.12. The molecule has 0 aliphatic rings. The standard InChI is InChI=1S/C10H18F3NO2/c1-5-14(7-10(11,12)13)6-9(2,3)8(15)16-4/h5-7H2,1-4H3. The molecule has 96 valence electrons. The normalized spacial score (nSPS) is 13.0. The van der Waals surface area contributed by atoms with E-state index < -0.39 is 24.1 Å². The van der Waals surface area contributed by atoms with E-state index in [1.165, 1.54) is 12.0 Å². The molecule has 0 saturated heterocycles. The first-order chi connectivity index (χ1) is 7.12.